The summed E-state index contributed by atoms with van der Waals surface area (Å²) in [5.74, 6) is 1.59. The lowest BCUT2D eigenvalue weighted by molar-refractivity contribution is -0.125. The highest BCUT2D eigenvalue weighted by atomic mass is 32.2. The lowest BCUT2D eigenvalue weighted by Gasteiger charge is -2.24. The van der Waals surface area contributed by atoms with Crippen molar-refractivity contribution in [1.29, 1.82) is 0 Å². The van der Waals surface area contributed by atoms with Crippen molar-refractivity contribution < 1.29 is 14.1 Å². The van der Waals surface area contributed by atoms with E-state index < -0.39 is 12.1 Å². The fraction of sp³-hybridized carbons (Fsp3) is 0.375. The van der Waals surface area contributed by atoms with Crippen molar-refractivity contribution in [3.63, 3.8) is 0 Å². The van der Waals surface area contributed by atoms with Gasteiger partial charge in [-0.1, -0.05) is 23.4 Å². The molecule has 1 aromatic carbocycles. The van der Waals surface area contributed by atoms with Crippen molar-refractivity contribution in [3.8, 4) is 0 Å². The summed E-state index contributed by atoms with van der Waals surface area (Å²) in [6.45, 7) is 3.49. The molecule has 1 fully saturated rings. The Morgan fingerprint density at radius 1 is 1.38 bits per heavy atom. The normalized spacial score (nSPS) is 18.4. The van der Waals surface area contributed by atoms with E-state index in [0.717, 1.165) is 0 Å². The van der Waals surface area contributed by atoms with E-state index >= 15 is 0 Å². The zero-order chi connectivity index (χ0) is 17.1. The van der Waals surface area contributed by atoms with Crippen LogP contribution in [0.15, 0.2) is 34.9 Å². The molecule has 2 heterocycles. The molecule has 0 aliphatic carbocycles. The third-order valence-corrected chi connectivity index (χ3v) is 4.75. The Labute approximate surface area is 143 Å². The summed E-state index contributed by atoms with van der Waals surface area (Å²) >= 11 is 1.56. The number of rotatable bonds is 4. The molecule has 0 bridgehead atoms. The Morgan fingerprint density at radius 2 is 2.12 bits per heavy atom. The van der Waals surface area contributed by atoms with Crippen LogP contribution in [0.3, 0.4) is 0 Å². The molecule has 3 rings (SSSR count). The van der Waals surface area contributed by atoms with E-state index in [1.165, 1.54) is 0 Å². The SMILES string of the molecule is Cc1noc([C@H](C)NC(=O)[C@@H]2CSCN2C(=O)c2ccccc2)n1. The number of thioether (sulfide) groups is 1. The van der Waals surface area contributed by atoms with E-state index in [4.69, 9.17) is 4.52 Å². The molecule has 1 aliphatic rings. The molecule has 2 aromatic rings. The van der Waals surface area contributed by atoms with Crippen LogP contribution < -0.4 is 5.32 Å². The summed E-state index contributed by atoms with van der Waals surface area (Å²) in [4.78, 5) is 30.9. The van der Waals surface area contributed by atoms with E-state index in [-0.39, 0.29) is 11.8 Å². The van der Waals surface area contributed by atoms with Gasteiger partial charge in [-0.25, -0.2) is 0 Å². The molecule has 24 heavy (non-hydrogen) atoms. The average Bonchev–Trinajstić information content (AvgIpc) is 3.24. The smallest absolute Gasteiger partial charge is 0.255 e. The molecule has 1 saturated heterocycles. The van der Waals surface area contributed by atoms with E-state index in [1.54, 1.807) is 42.6 Å². The van der Waals surface area contributed by atoms with Gasteiger partial charge in [0.1, 0.15) is 12.1 Å². The number of carbonyl (C=O) groups excluding carboxylic acids is 2. The number of carbonyl (C=O) groups is 2. The Morgan fingerprint density at radius 3 is 2.79 bits per heavy atom. The molecular weight excluding hydrogens is 328 g/mol. The minimum atomic E-state index is -0.505. The van der Waals surface area contributed by atoms with Gasteiger partial charge < -0.3 is 14.7 Å². The first-order chi connectivity index (χ1) is 11.6. The van der Waals surface area contributed by atoms with Crippen LogP contribution in [0.4, 0.5) is 0 Å². The van der Waals surface area contributed by atoms with Crippen LogP contribution in [0, 0.1) is 6.92 Å². The van der Waals surface area contributed by atoms with Crippen molar-refractivity contribution in [2.75, 3.05) is 11.6 Å². The summed E-state index contributed by atoms with van der Waals surface area (Å²) in [6.07, 6.45) is 0. The highest BCUT2D eigenvalue weighted by molar-refractivity contribution is 7.99. The Hall–Kier alpha value is -2.35. The van der Waals surface area contributed by atoms with Gasteiger partial charge >= 0.3 is 0 Å². The lowest BCUT2D eigenvalue weighted by Crippen LogP contribution is -2.47. The summed E-state index contributed by atoms with van der Waals surface area (Å²) in [7, 11) is 0. The fourth-order valence-electron chi connectivity index (χ4n) is 2.47. The number of amides is 2. The molecule has 0 unspecified atom stereocenters. The molecule has 0 spiro atoms. The number of hydrogen-bond donors (Lipinski definition) is 1. The Kier molecular flexibility index (Phi) is 4.84. The molecular formula is C16H18N4O3S. The molecule has 2 atom stereocenters. The second-order valence-corrected chi connectivity index (χ2v) is 6.57. The van der Waals surface area contributed by atoms with Gasteiger partial charge in [-0.15, -0.1) is 11.8 Å². The molecule has 7 nitrogen and oxygen atoms in total. The predicted molar refractivity (Wildman–Crippen MR) is 89.3 cm³/mol. The van der Waals surface area contributed by atoms with E-state index in [0.29, 0.717) is 28.9 Å². The van der Waals surface area contributed by atoms with Gasteiger partial charge in [0.05, 0.1) is 5.88 Å². The van der Waals surface area contributed by atoms with Gasteiger partial charge in [-0.3, -0.25) is 9.59 Å². The molecule has 0 saturated carbocycles. The monoisotopic (exact) mass is 346 g/mol. The van der Waals surface area contributed by atoms with Crippen molar-refractivity contribution >= 4 is 23.6 Å². The number of nitrogens with one attached hydrogen (secondary N) is 1. The van der Waals surface area contributed by atoms with Gasteiger partial charge in [0.15, 0.2) is 5.82 Å². The first-order valence-electron chi connectivity index (χ1n) is 7.60. The number of aromatic nitrogens is 2. The quantitative estimate of drug-likeness (QED) is 0.908. The minimum Gasteiger partial charge on any atom is -0.343 e. The summed E-state index contributed by atoms with van der Waals surface area (Å²) in [5, 5.41) is 6.56. The van der Waals surface area contributed by atoms with Gasteiger partial charge in [0, 0.05) is 11.3 Å². The lowest BCUT2D eigenvalue weighted by atomic mass is 10.1. The van der Waals surface area contributed by atoms with Crippen LogP contribution >= 0.6 is 11.8 Å². The molecule has 0 radical (unpaired) electrons. The van der Waals surface area contributed by atoms with E-state index in [1.807, 2.05) is 18.2 Å². The Bertz CT molecular complexity index is 734. The van der Waals surface area contributed by atoms with Crippen LogP contribution in [0.1, 0.15) is 35.0 Å². The fourth-order valence-corrected chi connectivity index (χ4v) is 3.62. The first kappa shape index (κ1) is 16.5. The number of aryl methyl sites for hydroxylation is 1. The predicted octanol–water partition coefficient (Wildman–Crippen LogP) is 1.77. The van der Waals surface area contributed by atoms with Crippen LogP contribution in [0.5, 0.6) is 0 Å². The zero-order valence-electron chi connectivity index (χ0n) is 13.4. The largest absolute Gasteiger partial charge is 0.343 e. The Balaban J connectivity index is 1.68. The van der Waals surface area contributed by atoms with Gasteiger partial charge in [-0.2, -0.15) is 4.98 Å². The zero-order valence-corrected chi connectivity index (χ0v) is 14.2. The van der Waals surface area contributed by atoms with Crippen molar-refractivity contribution in [2.24, 2.45) is 0 Å². The average molecular weight is 346 g/mol. The standard InChI is InChI=1S/C16H18N4O3S/c1-10(15-18-11(2)19-23-15)17-14(21)13-8-24-9-20(13)16(22)12-6-4-3-5-7-12/h3-7,10,13H,8-9H2,1-2H3,(H,17,21)/t10-,13-/m0/s1. The molecule has 8 heteroatoms. The second-order valence-electron chi connectivity index (χ2n) is 5.57. The summed E-state index contributed by atoms with van der Waals surface area (Å²) < 4.78 is 5.07. The topological polar surface area (TPSA) is 88.3 Å². The summed E-state index contributed by atoms with van der Waals surface area (Å²) in [6, 6.07) is 8.08. The molecule has 1 N–H and O–H groups in total. The maximum atomic E-state index is 12.6. The van der Waals surface area contributed by atoms with Gasteiger partial charge in [-0.05, 0) is 26.0 Å². The van der Waals surface area contributed by atoms with Crippen LogP contribution in [-0.2, 0) is 4.79 Å². The third kappa shape index (κ3) is 3.43. The number of nitrogens with zero attached hydrogens (tertiary/aromatic N) is 3. The maximum Gasteiger partial charge on any atom is 0.255 e. The van der Waals surface area contributed by atoms with Crippen molar-refractivity contribution in [2.45, 2.75) is 25.9 Å². The van der Waals surface area contributed by atoms with Crippen LogP contribution in [0.25, 0.3) is 0 Å². The summed E-state index contributed by atoms with van der Waals surface area (Å²) in [5.41, 5.74) is 0.582. The highest BCUT2D eigenvalue weighted by Crippen LogP contribution is 2.24. The molecule has 1 aliphatic heterocycles. The number of hydrogen-bond acceptors (Lipinski definition) is 6. The maximum absolute atomic E-state index is 12.6. The second kappa shape index (κ2) is 7.04. The highest BCUT2D eigenvalue weighted by Gasteiger charge is 2.36. The van der Waals surface area contributed by atoms with E-state index in [2.05, 4.69) is 15.5 Å². The van der Waals surface area contributed by atoms with Gasteiger partial charge in [0.2, 0.25) is 11.8 Å². The third-order valence-electron chi connectivity index (χ3n) is 3.74. The first-order valence-corrected chi connectivity index (χ1v) is 8.76. The van der Waals surface area contributed by atoms with E-state index in [9.17, 15) is 9.59 Å². The molecule has 126 valence electrons. The van der Waals surface area contributed by atoms with Gasteiger partial charge in [0.25, 0.3) is 5.91 Å². The molecule has 2 amide bonds. The van der Waals surface area contributed by atoms with Crippen LogP contribution in [0.2, 0.25) is 0 Å². The van der Waals surface area contributed by atoms with Crippen molar-refractivity contribution in [1.82, 2.24) is 20.4 Å². The minimum absolute atomic E-state index is 0.137. The molecule has 1 aromatic heterocycles. The van der Waals surface area contributed by atoms with Crippen LogP contribution in [-0.4, -0.2) is 44.5 Å². The van der Waals surface area contributed by atoms with Crippen molar-refractivity contribution in [3.05, 3.63) is 47.6 Å². The number of benzene rings is 1.